The van der Waals surface area contributed by atoms with Crippen LogP contribution in [-0.2, 0) is 23.1 Å². The third kappa shape index (κ3) is 3.69. The minimum absolute atomic E-state index is 0.0571. The molecule has 1 saturated heterocycles. The number of carbonyl (C=O) groups is 1. The van der Waals surface area contributed by atoms with E-state index in [1.807, 2.05) is 13.2 Å². The van der Waals surface area contributed by atoms with Gasteiger partial charge in [0, 0.05) is 49.6 Å². The number of nitrogens with zero attached hydrogens (tertiary/aromatic N) is 4. The molecule has 8 heteroatoms. The summed E-state index contributed by atoms with van der Waals surface area (Å²) in [5.74, 6) is -0.242. The summed E-state index contributed by atoms with van der Waals surface area (Å²) in [5, 5.41) is 15.3. The fraction of sp³-hybridized carbons (Fsp3) is 0.412. The number of esters is 1. The zero-order chi connectivity index (χ0) is 18.0. The van der Waals surface area contributed by atoms with Crippen molar-refractivity contribution in [1.29, 1.82) is 0 Å². The molecule has 0 bridgehead atoms. The summed E-state index contributed by atoms with van der Waals surface area (Å²) in [5.41, 5.74) is 2.73. The van der Waals surface area contributed by atoms with Crippen molar-refractivity contribution in [3.8, 4) is 11.3 Å². The number of nitro benzene ring substituents is 1. The fourth-order valence-corrected chi connectivity index (χ4v) is 3.21. The number of hydrogen-bond acceptors (Lipinski definition) is 6. The third-order valence-corrected chi connectivity index (χ3v) is 4.46. The first-order chi connectivity index (χ1) is 12.0. The Morgan fingerprint density at radius 1 is 1.40 bits per heavy atom. The van der Waals surface area contributed by atoms with Crippen LogP contribution in [0.1, 0.15) is 12.0 Å². The van der Waals surface area contributed by atoms with Crippen molar-refractivity contribution in [1.82, 2.24) is 14.7 Å². The molecule has 25 heavy (non-hydrogen) atoms. The number of nitro groups is 1. The van der Waals surface area contributed by atoms with Crippen molar-refractivity contribution in [2.24, 2.45) is 13.0 Å². The van der Waals surface area contributed by atoms with E-state index >= 15 is 0 Å². The van der Waals surface area contributed by atoms with Crippen molar-refractivity contribution < 1.29 is 14.5 Å². The minimum atomic E-state index is -0.416. The van der Waals surface area contributed by atoms with Crippen LogP contribution in [0.4, 0.5) is 5.69 Å². The number of aromatic nitrogens is 2. The number of non-ortho nitro benzene ring substituents is 1. The largest absolute Gasteiger partial charge is 0.469 e. The molecule has 1 aliphatic rings. The van der Waals surface area contributed by atoms with E-state index in [4.69, 9.17) is 4.74 Å². The highest BCUT2D eigenvalue weighted by Gasteiger charge is 2.29. The van der Waals surface area contributed by atoms with Crippen molar-refractivity contribution >= 4 is 11.7 Å². The molecule has 0 amide bonds. The van der Waals surface area contributed by atoms with Gasteiger partial charge in [-0.15, -0.1) is 0 Å². The Morgan fingerprint density at radius 3 is 2.76 bits per heavy atom. The lowest BCUT2D eigenvalue weighted by Gasteiger charge is -2.15. The number of hydrogen-bond donors (Lipinski definition) is 0. The van der Waals surface area contributed by atoms with E-state index in [2.05, 4.69) is 10.00 Å². The van der Waals surface area contributed by atoms with Crippen molar-refractivity contribution in [3.05, 3.63) is 46.1 Å². The zero-order valence-corrected chi connectivity index (χ0v) is 14.2. The van der Waals surface area contributed by atoms with E-state index in [-0.39, 0.29) is 17.6 Å². The number of ether oxygens (including phenoxy) is 1. The smallest absolute Gasteiger partial charge is 0.310 e. The summed E-state index contributed by atoms with van der Waals surface area (Å²) in [4.78, 5) is 24.3. The second kappa shape index (κ2) is 7.02. The number of rotatable bonds is 5. The Labute approximate surface area is 145 Å². The average Bonchev–Trinajstić information content (AvgIpc) is 3.21. The van der Waals surface area contributed by atoms with Crippen LogP contribution in [0, 0.1) is 16.0 Å². The first-order valence-electron chi connectivity index (χ1n) is 8.05. The summed E-state index contributed by atoms with van der Waals surface area (Å²) in [6.45, 7) is 2.17. The van der Waals surface area contributed by atoms with Crippen LogP contribution in [0.5, 0.6) is 0 Å². The van der Waals surface area contributed by atoms with Gasteiger partial charge in [0.1, 0.15) is 0 Å². The Morgan fingerprint density at radius 2 is 2.12 bits per heavy atom. The van der Waals surface area contributed by atoms with Crippen LogP contribution in [0.2, 0.25) is 0 Å². The fourth-order valence-electron chi connectivity index (χ4n) is 3.21. The van der Waals surface area contributed by atoms with Crippen molar-refractivity contribution in [2.45, 2.75) is 13.0 Å². The first kappa shape index (κ1) is 17.1. The number of methoxy groups -OCH3 is 1. The van der Waals surface area contributed by atoms with Gasteiger partial charge in [0.2, 0.25) is 0 Å². The molecule has 1 fully saturated rings. The van der Waals surface area contributed by atoms with E-state index in [0.29, 0.717) is 13.1 Å². The van der Waals surface area contributed by atoms with Crippen LogP contribution in [0.15, 0.2) is 30.5 Å². The minimum Gasteiger partial charge on any atom is -0.469 e. The highest BCUT2D eigenvalue weighted by molar-refractivity contribution is 5.73. The second-order valence-corrected chi connectivity index (χ2v) is 6.22. The molecule has 0 aliphatic carbocycles. The molecular formula is C17H20N4O4. The van der Waals surface area contributed by atoms with Gasteiger partial charge in [-0.05, 0) is 25.1 Å². The zero-order valence-electron chi connectivity index (χ0n) is 14.2. The standard InChI is InChI=1S/C17H20N4O4/c1-19-9-14(11-20-8-7-13(10-20)17(22)25-2)16(18-19)12-3-5-15(6-4-12)21(23)24/h3-6,9,13H,7-8,10-11H2,1-2H3. The molecule has 0 N–H and O–H groups in total. The molecule has 0 radical (unpaired) electrons. The molecule has 8 nitrogen and oxygen atoms in total. The van der Waals surface area contributed by atoms with Gasteiger partial charge in [-0.25, -0.2) is 0 Å². The van der Waals surface area contributed by atoms with E-state index in [0.717, 1.165) is 29.8 Å². The topological polar surface area (TPSA) is 90.5 Å². The van der Waals surface area contributed by atoms with Gasteiger partial charge in [-0.3, -0.25) is 24.5 Å². The molecule has 132 valence electrons. The Hall–Kier alpha value is -2.74. The van der Waals surface area contributed by atoms with Gasteiger partial charge < -0.3 is 4.74 Å². The second-order valence-electron chi connectivity index (χ2n) is 6.22. The molecule has 1 aromatic heterocycles. The lowest BCUT2D eigenvalue weighted by Crippen LogP contribution is -2.23. The van der Waals surface area contributed by atoms with Crippen LogP contribution in [0.3, 0.4) is 0 Å². The predicted octanol–water partition coefficient (Wildman–Crippen LogP) is 1.99. The maximum atomic E-state index is 11.7. The van der Waals surface area contributed by atoms with Gasteiger partial charge >= 0.3 is 5.97 Å². The van der Waals surface area contributed by atoms with Gasteiger partial charge in [0.15, 0.2) is 0 Å². The van der Waals surface area contributed by atoms with Crippen LogP contribution in [-0.4, -0.2) is 45.8 Å². The van der Waals surface area contributed by atoms with Crippen LogP contribution < -0.4 is 0 Å². The first-order valence-corrected chi connectivity index (χ1v) is 8.05. The summed E-state index contributed by atoms with van der Waals surface area (Å²) in [6, 6.07) is 6.39. The lowest BCUT2D eigenvalue weighted by molar-refractivity contribution is -0.384. The molecule has 2 aromatic rings. The normalized spacial score (nSPS) is 17.6. The van der Waals surface area contributed by atoms with Gasteiger partial charge in [-0.2, -0.15) is 5.10 Å². The van der Waals surface area contributed by atoms with Gasteiger partial charge in [0.05, 0.1) is 23.6 Å². The van der Waals surface area contributed by atoms with Crippen molar-refractivity contribution in [2.75, 3.05) is 20.2 Å². The Kier molecular flexibility index (Phi) is 4.80. The Bertz CT molecular complexity index is 784. The van der Waals surface area contributed by atoms with Crippen LogP contribution >= 0.6 is 0 Å². The van der Waals surface area contributed by atoms with E-state index in [9.17, 15) is 14.9 Å². The molecule has 2 heterocycles. The molecular weight excluding hydrogens is 324 g/mol. The highest BCUT2D eigenvalue weighted by Crippen LogP contribution is 2.27. The molecule has 1 atom stereocenters. The van der Waals surface area contributed by atoms with E-state index in [1.54, 1.807) is 16.8 Å². The predicted molar refractivity (Wildman–Crippen MR) is 90.7 cm³/mol. The maximum Gasteiger partial charge on any atom is 0.310 e. The maximum absolute atomic E-state index is 11.7. The number of likely N-dealkylation sites (tertiary alicyclic amines) is 1. The monoisotopic (exact) mass is 344 g/mol. The number of aryl methyl sites for hydroxylation is 1. The lowest BCUT2D eigenvalue weighted by atomic mass is 10.1. The molecule has 1 unspecified atom stereocenters. The van der Waals surface area contributed by atoms with Crippen LogP contribution in [0.25, 0.3) is 11.3 Å². The highest BCUT2D eigenvalue weighted by atomic mass is 16.6. The molecule has 1 aromatic carbocycles. The molecule has 0 saturated carbocycles. The third-order valence-electron chi connectivity index (χ3n) is 4.46. The van der Waals surface area contributed by atoms with Crippen molar-refractivity contribution in [3.63, 3.8) is 0 Å². The van der Waals surface area contributed by atoms with E-state index in [1.165, 1.54) is 19.2 Å². The van der Waals surface area contributed by atoms with Gasteiger partial charge in [-0.1, -0.05) is 0 Å². The quantitative estimate of drug-likeness (QED) is 0.468. The van der Waals surface area contributed by atoms with Gasteiger partial charge in [0.25, 0.3) is 5.69 Å². The average molecular weight is 344 g/mol. The van der Waals surface area contributed by atoms with E-state index < -0.39 is 4.92 Å². The molecule has 3 rings (SSSR count). The number of benzene rings is 1. The SMILES string of the molecule is COC(=O)C1CCN(Cc2cn(C)nc2-c2ccc([N+](=O)[O-])cc2)C1. The molecule has 0 spiro atoms. The Balaban J connectivity index is 1.77. The number of carbonyl (C=O) groups excluding carboxylic acids is 1. The summed E-state index contributed by atoms with van der Waals surface area (Å²) >= 11 is 0. The summed E-state index contributed by atoms with van der Waals surface area (Å²) in [6.07, 6.45) is 2.74. The summed E-state index contributed by atoms with van der Waals surface area (Å²) < 4.78 is 6.56. The molecule has 1 aliphatic heterocycles. The summed E-state index contributed by atoms with van der Waals surface area (Å²) in [7, 11) is 3.26.